The van der Waals surface area contributed by atoms with Gasteiger partial charge in [-0.2, -0.15) is 0 Å². The minimum atomic E-state index is -0.556. The quantitative estimate of drug-likeness (QED) is 0.848. The van der Waals surface area contributed by atoms with Gasteiger partial charge < -0.3 is 15.2 Å². The summed E-state index contributed by atoms with van der Waals surface area (Å²) in [6.45, 7) is 2.62. The van der Waals surface area contributed by atoms with Gasteiger partial charge >= 0.3 is 0 Å². The van der Waals surface area contributed by atoms with E-state index >= 15 is 0 Å². The number of hydrogen-bond donors (Lipinski definition) is 2. The number of nitrogens with zero attached hydrogens (tertiary/aromatic N) is 1. The molecule has 0 aliphatic heterocycles. The normalized spacial score (nSPS) is 12.3. The van der Waals surface area contributed by atoms with E-state index in [1.54, 1.807) is 6.07 Å². The van der Waals surface area contributed by atoms with E-state index in [4.69, 9.17) is 4.74 Å². The molecule has 21 heavy (non-hydrogen) atoms. The van der Waals surface area contributed by atoms with Crippen LogP contribution in [0.2, 0.25) is 0 Å². The Kier molecular flexibility index (Phi) is 5.25. The minimum absolute atomic E-state index is 0.151. The van der Waals surface area contributed by atoms with Crippen molar-refractivity contribution in [2.75, 3.05) is 20.3 Å². The SMILES string of the molecule is COCC(O)CCNC(=O)c1ccc2nc(C)ccc2c1. The van der Waals surface area contributed by atoms with Crippen molar-refractivity contribution < 1.29 is 14.6 Å². The second-order valence-electron chi connectivity index (χ2n) is 5.01. The number of ether oxygens (including phenoxy) is 1. The lowest BCUT2D eigenvalue weighted by Gasteiger charge is -2.10. The molecule has 2 aromatic rings. The molecule has 5 nitrogen and oxygen atoms in total. The molecule has 1 atom stereocenters. The van der Waals surface area contributed by atoms with Crippen LogP contribution in [0.5, 0.6) is 0 Å². The zero-order valence-corrected chi connectivity index (χ0v) is 12.3. The topological polar surface area (TPSA) is 71.5 Å². The predicted octanol–water partition coefficient (Wildman–Crippen LogP) is 1.67. The van der Waals surface area contributed by atoms with Gasteiger partial charge in [0, 0.05) is 30.3 Å². The van der Waals surface area contributed by atoms with E-state index < -0.39 is 6.10 Å². The van der Waals surface area contributed by atoms with E-state index in [-0.39, 0.29) is 12.5 Å². The molecule has 0 aliphatic rings. The number of aromatic nitrogens is 1. The van der Waals surface area contributed by atoms with Crippen molar-refractivity contribution in [3.63, 3.8) is 0 Å². The molecular weight excluding hydrogens is 268 g/mol. The summed E-state index contributed by atoms with van der Waals surface area (Å²) in [5, 5.41) is 13.2. The molecule has 0 spiro atoms. The predicted molar refractivity (Wildman–Crippen MR) is 81.3 cm³/mol. The summed E-state index contributed by atoms with van der Waals surface area (Å²) >= 11 is 0. The maximum atomic E-state index is 12.1. The smallest absolute Gasteiger partial charge is 0.251 e. The monoisotopic (exact) mass is 288 g/mol. The zero-order chi connectivity index (χ0) is 15.2. The van der Waals surface area contributed by atoms with E-state index in [1.807, 2.05) is 31.2 Å². The van der Waals surface area contributed by atoms with Crippen molar-refractivity contribution in [1.82, 2.24) is 10.3 Å². The Morgan fingerprint density at radius 3 is 2.95 bits per heavy atom. The van der Waals surface area contributed by atoms with Gasteiger partial charge in [0.1, 0.15) is 0 Å². The molecule has 1 aromatic heterocycles. The Labute approximate surface area is 124 Å². The Bertz CT molecular complexity index is 628. The van der Waals surface area contributed by atoms with E-state index in [0.717, 1.165) is 16.6 Å². The number of pyridine rings is 1. The highest BCUT2D eigenvalue weighted by atomic mass is 16.5. The van der Waals surface area contributed by atoms with Crippen LogP contribution >= 0.6 is 0 Å². The molecule has 0 saturated heterocycles. The molecule has 1 amide bonds. The Hall–Kier alpha value is -1.98. The van der Waals surface area contributed by atoms with Crippen LogP contribution in [0.4, 0.5) is 0 Å². The molecule has 0 radical (unpaired) electrons. The summed E-state index contributed by atoms with van der Waals surface area (Å²) in [4.78, 5) is 16.5. The minimum Gasteiger partial charge on any atom is -0.391 e. The number of amides is 1. The number of carbonyl (C=O) groups excluding carboxylic acids is 1. The molecule has 2 N–H and O–H groups in total. The van der Waals surface area contributed by atoms with Crippen LogP contribution in [0.3, 0.4) is 0 Å². The Morgan fingerprint density at radius 1 is 1.38 bits per heavy atom. The van der Waals surface area contributed by atoms with Crippen LogP contribution in [-0.2, 0) is 4.74 Å². The highest BCUT2D eigenvalue weighted by Crippen LogP contribution is 2.14. The Morgan fingerprint density at radius 2 is 2.19 bits per heavy atom. The van der Waals surface area contributed by atoms with E-state index in [9.17, 15) is 9.90 Å². The van der Waals surface area contributed by atoms with Crippen molar-refractivity contribution in [3.8, 4) is 0 Å². The number of fused-ring (bicyclic) bond motifs is 1. The van der Waals surface area contributed by atoms with Crippen molar-refractivity contribution in [2.24, 2.45) is 0 Å². The maximum Gasteiger partial charge on any atom is 0.251 e. The van der Waals surface area contributed by atoms with Gasteiger partial charge in [-0.15, -0.1) is 0 Å². The van der Waals surface area contributed by atoms with Gasteiger partial charge in [-0.05, 0) is 37.6 Å². The van der Waals surface area contributed by atoms with Gasteiger partial charge in [-0.25, -0.2) is 0 Å². The molecule has 5 heteroatoms. The first-order chi connectivity index (χ1) is 10.1. The molecule has 0 saturated carbocycles. The summed E-state index contributed by atoms with van der Waals surface area (Å²) in [5.74, 6) is -0.151. The van der Waals surface area contributed by atoms with Gasteiger partial charge in [0.15, 0.2) is 0 Å². The van der Waals surface area contributed by atoms with Crippen molar-refractivity contribution in [3.05, 3.63) is 41.6 Å². The third-order valence-electron chi connectivity index (χ3n) is 3.21. The lowest BCUT2D eigenvalue weighted by Crippen LogP contribution is -2.28. The molecule has 112 valence electrons. The Balaban J connectivity index is 1.98. The fraction of sp³-hybridized carbons (Fsp3) is 0.375. The fourth-order valence-electron chi connectivity index (χ4n) is 2.10. The van der Waals surface area contributed by atoms with E-state index in [1.165, 1.54) is 7.11 Å². The third kappa shape index (κ3) is 4.24. The lowest BCUT2D eigenvalue weighted by molar-refractivity contribution is 0.0587. The summed E-state index contributed by atoms with van der Waals surface area (Å²) in [5.41, 5.74) is 2.42. The van der Waals surface area contributed by atoms with Crippen molar-refractivity contribution in [2.45, 2.75) is 19.4 Å². The van der Waals surface area contributed by atoms with Crippen LogP contribution in [-0.4, -0.2) is 42.4 Å². The molecule has 1 aromatic carbocycles. The summed E-state index contributed by atoms with van der Waals surface area (Å²) in [6, 6.07) is 9.30. The van der Waals surface area contributed by atoms with Crippen LogP contribution in [0.1, 0.15) is 22.5 Å². The van der Waals surface area contributed by atoms with Crippen LogP contribution in [0, 0.1) is 6.92 Å². The standard InChI is InChI=1S/C16H20N2O3/c1-11-3-4-12-9-13(5-6-15(12)18-11)16(20)17-8-7-14(19)10-21-2/h3-6,9,14,19H,7-8,10H2,1-2H3,(H,17,20). The maximum absolute atomic E-state index is 12.1. The first-order valence-electron chi connectivity index (χ1n) is 6.93. The average molecular weight is 288 g/mol. The fourth-order valence-corrected chi connectivity index (χ4v) is 2.10. The van der Waals surface area contributed by atoms with Gasteiger partial charge in [0.2, 0.25) is 0 Å². The second-order valence-corrected chi connectivity index (χ2v) is 5.01. The molecular formula is C16H20N2O3. The van der Waals surface area contributed by atoms with Crippen molar-refractivity contribution >= 4 is 16.8 Å². The number of aryl methyl sites for hydroxylation is 1. The number of aliphatic hydroxyl groups excluding tert-OH is 1. The van der Waals surface area contributed by atoms with Gasteiger partial charge in [-0.1, -0.05) is 6.07 Å². The van der Waals surface area contributed by atoms with E-state index in [0.29, 0.717) is 18.5 Å². The van der Waals surface area contributed by atoms with Crippen LogP contribution < -0.4 is 5.32 Å². The molecule has 0 fully saturated rings. The van der Waals surface area contributed by atoms with Crippen molar-refractivity contribution in [1.29, 1.82) is 0 Å². The highest BCUT2D eigenvalue weighted by Gasteiger charge is 2.08. The number of hydrogen-bond acceptors (Lipinski definition) is 4. The average Bonchev–Trinajstić information content (AvgIpc) is 2.46. The molecule has 1 heterocycles. The summed E-state index contributed by atoms with van der Waals surface area (Å²) in [6.07, 6.45) is -0.0902. The van der Waals surface area contributed by atoms with Crippen LogP contribution in [0.25, 0.3) is 10.9 Å². The van der Waals surface area contributed by atoms with Gasteiger partial charge in [-0.3, -0.25) is 9.78 Å². The second kappa shape index (κ2) is 7.15. The first kappa shape index (κ1) is 15.4. The molecule has 1 unspecified atom stereocenters. The molecule has 0 bridgehead atoms. The van der Waals surface area contributed by atoms with E-state index in [2.05, 4.69) is 10.3 Å². The first-order valence-corrected chi connectivity index (χ1v) is 6.93. The van der Waals surface area contributed by atoms with Gasteiger partial charge in [0.05, 0.1) is 18.2 Å². The third-order valence-corrected chi connectivity index (χ3v) is 3.21. The number of nitrogens with one attached hydrogen (secondary N) is 1. The summed E-state index contributed by atoms with van der Waals surface area (Å²) < 4.78 is 4.83. The number of rotatable bonds is 6. The number of carbonyl (C=O) groups is 1. The highest BCUT2D eigenvalue weighted by molar-refractivity contribution is 5.97. The number of aliphatic hydroxyl groups is 1. The molecule has 2 rings (SSSR count). The number of methoxy groups -OCH3 is 1. The van der Waals surface area contributed by atoms with Gasteiger partial charge in [0.25, 0.3) is 5.91 Å². The number of benzene rings is 1. The molecule has 0 aliphatic carbocycles. The van der Waals surface area contributed by atoms with Crippen LogP contribution in [0.15, 0.2) is 30.3 Å². The largest absolute Gasteiger partial charge is 0.391 e. The lowest BCUT2D eigenvalue weighted by atomic mass is 10.1. The zero-order valence-electron chi connectivity index (χ0n) is 12.3. The summed E-state index contributed by atoms with van der Waals surface area (Å²) in [7, 11) is 1.53.